The standard InChI is InChI=1S/C29H27F6N5O2S/c1-17(2)43(41)23-6-4-5-20(13-23)21-9-12-24(39-16-27(28(30,31)32)38-18(39)3)25(14-21)40(37)26(15-36)19-7-10-22(11-8-19)42-29(33,34)35/h4-17H,36-37H2,1-3H3/b26-15-. The van der Waals surface area contributed by atoms with Gasteiger partial charge in [-0.1, -0.05) is 32.0 Å². The highest BCUT2D eigenvalue weighted by Gasteiger charge is 2.35. The van der Waals surface area contributed by atoms with Crippen LogP contribution in [0.15, 0.2) is 84.0 Å². The number of aryl methyl sites for hydroxylation is 1. The summed E-state index contributed by atoms with van der Waals surface area (Å²) in [5.74, 6) is 6.09. The zero-order valence-electron chi connectivity index (χ0n) is 23.1. The fourth-order valence-corrected chi connectivity index (χ4v) is 5.30. The average molecular weight is 624 g/mol. The van der Waals surface area contributed by atoms with Crippen LogP contribution in [0.3, 0.4) is 0 Å². The van der Waals surface area contributed by atoms with Crippen LogP contribution in [-0.2, 0) is 17.0 Å². The van der Waals surface area contributed by atoms with Gasteiger partial charge in [0.15, 0.2) is 5.69 Å². The summed E-state index contributed by atoms with van der Waals surface area (Å²) in [7, 11) is -1.28. The van der Waals surface area contributed by atoms with E-state index in [9.17, 15) is 30.6 Å². The van der Waals surface area contributed by atoms with Gasteiger partial charge in [-0.15, -0.1) is 13.2 Å². The Bertz CT molecular complexity index is 1660. The second-order valence-corrected chi connectivity index (χ2v) is 11.6. The number of hydrazine groups is 1. The van der Waals surface area contributed by atoms with E-state index in [2.05, 4.69) is 9.72 Å². The molecule has 4 N–H and O–H groups in total. The average Bonchev–Trinajstić information content (AvgIpc) is 3.34. The van der Waals surface area contributed by atoms with Gasteiger partial charge < -0.3 is 15.0 Å². The molecule has 1 heterocycles. The van der Waals surface area contributed by atoms with Crippen molar-refractivity contribution < 1.29 is 35.3 Å². The number of alkyl halides is 6. The maximum absolute atomic E-state index is 13.5. The third kappa shape index (κ3) is 7.20. The SMILES string of the molecule is Cc1nc(C(F)(F)F)cn1-c1ccc(-c2cccc(S(=O)C(C)C)c2)cc1N(N)/C(=C\N)c1ccc(OC(F)(F)F)cc1. The Morgan fingerprint density at radius 3 is 2.21 bits per heavy atom. The minimum Gasteiger partial charge on any atom is -0.406 e. The summed E-state index contributed by atoms with van der Waals surface area (Å²) >= 11 is 0. The van der Waals surface area contributed by atoms with E-state index in [4.69, 9.17) is 11.6 Å². The maximum Gasteiger partial charge on any atom is 0.573 e. The molecule has 1 atom stereocenters. The Morgan fingerprint density at radius 2 is 1.65 bits per heavy atom. The summed E-state index contributed by atoms with van der Waals surface area (Å²) in [5.41, 5.74) is 6.87. The smallest absolute Gasteiger partial charge is 0.406 e. The molecule has 0 radical (unpaired) electrons. The van der Waals surface area contributed by atoms with Crippen LogP contribution in [0.5, 0.6) is 5.75 Å². The Balaban J connectivity index is 1.85. The summed E-state index contributed by atoms with van der Waals surface area (Å²) in [6.07, 6.45) is -7.64. The van der Waals surface area contributed by atoms with E-state index in [1.807, 2.05) is 13.8 Å². The van der Waals surface area contributed by atoms with Gasteiger partial charge in [-0.05, 0) is 66.6 Å². The van der Waals surface area contributed by atoms with Crippen LogP contribution in [0, 0.1) is 6.92 Å². The van der Waals surface area contributed by atoms with Gasteiger partial charge in [0.2, 0.25) is 0 Å². The van der Waals surface area contributed by atoms with E-state index in [1.165, 1.54) is 23.6 Å². The lowest BCUT2D eigenvalue weighted by Gasteiger charge is -2.26. The highest BCUT2D eigenvalue weighted by molar-refractivity contribution is 7.85. The molecule has 1 unspecified atom stereocenters. The number of imidazole rings is 1. The summed E-state index contributed by atoms with van der Waals surface area (Å²) in [4.78, 5) is 4.24. The van der Waals surface area contributed by atoms with Gasteiger partial charge in [-0.3, -0.25) is 9.22 Å². The van der Waals surface area contributed by atoms with Crippen molar-refractivity contribution in [3.63, 3.8) is 0 Å². The van der Waals surface area contributed by atoms with Crippen molar-refractivity contribution in [3.05, 3.63) is 96.2 Å². The maximum atomic E-state index is 13.5. The van der Waals surface area contributed by atoms with Crippen LogP contribution < -0.4 is 21.3 Å². The fraction of sp³-hybridized carbons (Fsp3) is 0.207. The van der Waals surface area contributed by atoms with Crippen molar-refractivity contribution in [1.82, 2.24) is 9.55 Å². The van der Waals surface area contributed by atoms with E-state index < -0.39 is 34.8 Å². The van der Waals surface area contributed by atoms with Gasteiger partial charge >= 0.3 is 12.5 Å². The first-order chi connectivity index (χ1) is 20.1. The molecule has 228 valence electrons. The molecule has 0 fully saturated rings. The number of rotatable bonds is 8. The number of halogens is 6. The summed E-state index contributed by atoms with van der Waals surface area (Å²) in [6, 6.07) is 16.6. The van der Waals surface area contributed by atoms with E-state index in [-0.39, 0.29) is 28.1 Å². The Kier molecular flexibility index (Phi) is 8.92. The van der Waals surface area contributed by atoms with Crippen molar-refractivity contribution in [1.29, 1.82) is 0 Å². The third-order valence-corrected chi connectivity index (χ3v) is 7.87. The number of nitrogens with two attached hydrogens (primary N) is 2. The van der Waals surface area contributed by atoms with Crippen LogP contribution in [0.25, 0.3) is 22.5 Å². The molecule has 0 spiro atoms. The highest BCUT2D eigenvalue weighted by atomic mass is 32.2. The van der Waals surface area contributed by atoms with Crippen molar-refractivity contribution in [3.8, 4) is 22.6 Å². The Labute approximate surface area is 245 Å². The predicted molar refractivity (Wildman–Crippen MR) is 152 cm³/mol. The third-order valence-electron chi connectivity index (χ3n) is 6.30. The molecule has 0 bridgehead atoms. The minimum absolute atomic E-state index is 0.0241. The largest absolute Gasteiger partial charge is 0.573 e. The first-order valence-corrected chi connectivity index (χ1v) is 13.9. The monoisotopic (exact) mass is 623 g/mol. The number of aromatic nitrogens is 2. The van der Waals surface area contributed by atoms with Crippen molar-refractivity contribution in [2.75, 3.05) is 5.01 Å². The molecule has 1 aromatic heterocycles. The van der Waals surface area contributed by atoms with Crippen molar-refractivity contribution >= 4 is 22.2 Å². The molecule has 0 amide bonds. The van der Waals surface area contributed by atoms with Crippen molar-refractivity contribution in [2.45, 2.75) is 43.5 Å². The highest BCUT2D eigenvalue weighted by Crippen LogP contribution is 2.37. The second-order valence-electron chi connectivity index (χ2n) is 9.61. The van der Waals surface area contributed by atoms with Gasteiger partial charge in [-0.2, -0.15) is 13.2 Å². The molecule has 0 aliphatic heterocycles. The molecule has 4 aromatic rings. The van der Waals surface area contributed by atoms with Gasteiger partial charge in [0.1, 0.15) is 11.6 Å². The number of hydrogen-bond acceptors (Lipinski definition) is 6. The quantitative estimate of drug-likeness (QED) is 0.126. The molecular formula is C29H27F6N5O2S. The molecular weight excluding hydrogens is 596 g/mol. The van der Waals surface area contributed by atoms with Crippen molar-refractivity contribution in [2.24, 2.45) is 11.6 Å². The molecule has 4 rings (SSSR count). The number of hydrogen-bond donors (Lipinski definition) is 2. The molecule has 0 saturated heterocycles. The second kappa shape index (κ2) is 12.1. The van der Waals surface area contributed by atoms with E-state index in [0.29, 0.717) is 21.6 Å². The van der Waals surface area contributed by atoms with E-state index >= 15 is 0 Å². The number of benzene rings is 3. The van der Waals surface area contributed by atoms with Crippen LogP contribution in [0.2, 0.25) is 0 Å². The van der Waals surface area contributed by atoms with Gasteiger partial charge in [0.05, 0.1) is 27.9 Å². The van der Waals surface area contributed by atoms with Crippen LogP contribution in [-0.4, -0.2) is 25.4 Å². The van der Waals surface area contributed by atoms with Crippen LogP contribution in [0.4, 0.5) is 32.0 Å². The lowest BCUT2D eigenvalue weighted by atomic mass is 10.0. The molecule has 0 aliphatic rings. The molecule has 43 heavy (non-hydrogen) atoms. The van der Waals surface area contributed by atoms with Gasteiger partial charge in [0, 0.05) is 28.1 Å². The number of nitrogens with zero attached hydrogens (tertiary/aromatic N) is 3. The minimum atomic E-state index is -4.89. The van der Waals surface area contributed by atoms with Gasteiger partial charge in [0.25, 0.3) is 0 Å². The normalized spacial score (nSPS) is 13.3. The van der Waals surface area contributed by atoms with E-state index in [0.717, 1.165) is 29.5 Å². The molecule has 3 aromatic carbocycles. The van der Waals surface area contributed by atoms with Crippen LogP contribution in [0.1, 0.15) is 30.9 Å². The summed E-state index contributed by atoms with van der Waals surface area (Å²) < 4.78 is 96.3. The van der Waals surface area contributed by atoms with E-state index in [1.54, 1.807) is 42.5 Å². The molecule has 14 heteroatoms. The first kappa shape index (κ1) is 31.6. The lowest BCUT2D eigenvalue weighted by molar-refractivity contribution is -0.274. The molecule has 7 nitrogen and oxygen atoms in total. The predicted octanol–water partition coefficient (Wildman–Crippen LogP) is 6.92. The summed E-state index contributed by atoms with van der Waals surface area (Å²) in [6.45, 7) is 5.05. The zero-order valence-corrected chi connectivity index (χ0v) is 23.9. The summed E-state index contributed by atoms with van der Waals surface area (Å²) in [5, 5.41) is 0.978. The lowest BCUT2D eigenvalue weighted by Crippen LogP contribution is -2.31. The number of anilines is 1. The zero-order chi connectivity index (χ0) is 31.7. The molecule has 0 saturated carbocycles. The van der Waals surface area contributed by atoms with Crippen LogP contribution >= 0.6 is 0 Å². The number of ether oxygens (including phenoxy) is 1. The molecule has 0 aliphatic carbocycles. The first-order valence-electron chi connectivity index (χ1n) is 12.7. The fourth-order valence-electron chi connectivity index (χ4n) is 4.30. The Morgan fingerprint density at radius 1 is 1.00 bits per heavy atom. The Hall–Kier alpha value is -4.30. The topological polar surface area (TPSA) is 99.4 Å². The van der Waals surface area contributed by atoms with Gasteiger partial charge in [-0.25, -0.2) is 10.8 Å².